The first kappa shape index (κ1) is 28.3. The van der Waals surface area contributed by atoms with Crippen LogP contribution in [-0.2, 0) is 19.1 Å². The summed E-state index contributed by atoms with van der Waals surface area (Å²) < 4.78 is 5.08. The first-order valence-electron chi connectivity index (χ1n) is 12.3. The molecule has 0 spiro atoms. The van der Waals surface area contributed by atoms with E-state index in [1.165, 1.54) is 18.2 Å². The number of nitrogens with one attached hydrogen (secondary N) is 2. The minimum Gasteiger partial charge on any atom is -0.452 e. The molecule has 0 aliphatic carbocycles. The SMILES string of the molecule is Cc1ccc(NC(=O)COC(=O)c2ccc(/C=C3\SC(=O)N(CC(=O)Nc4cc(C)cc(C)c4)C3=O)cc2)cc1. The van der Waals surface area contributed by atoms with E-state index in [4.69, 9.17) is 4.74 Å². The van der Waals surface area contributed by atoms with Crippen LogP contribution in [0.5, 0.6) is 0 Å². The fourth-order valence-corrected chi connectivity index (χ4v) is 4.78. The van der Waals surface area contributed by atoms with E-state index in [9.17, 15) is 24.0 Å². The van der Waals surface area contributed by atoms with Gasteiger partial charge in [0.2, 0.25) is 5.91 Å². The standard InChI is InChI=1S/C30H27N3O6S/c1-18-4-10-23(11-5-18)31-27(35)17-39-29(37)22-8-6-21(7-9-22)15-25-28(36)33(30(38)40-25)16-26(34)32-24-13-19(2)12-20(3)14-24/h4-15H,16-17H2,1-3H3,(H,31,35)(H,32,34)/b25-15-. The van der Waals surface area contributed by atoms with Crippen molar-refractivity contribution in [3.63, 3.8) is 0 Å². The number of thioether (sulfide) groups is 1. The van der Waals surface area contributed by atoms with Gasteiger partial charge >= 0.3 is 5.97 Å². The Morgan fingerprint density at radius 1 is 0.800 bits per heavy atom. The molecule has 3 aromatic carbocycles. The molecule has 9 nitrogen and oxygen atoms in total. The molecule has 40 heavy (non-hydrogen) atoms. The Bertz CT molecular complexity index is 1490. The summed E-state index contributed by atoms with van der Waals surface area (Å²) in [5.74, 6) is -2.20. The van der Waals surface area contributed by atoms with Crippen LogP contribution in [0.3, 0.4) is 0 Å². The van der Waals surface area contributed by atoms with Crippen LogP contribution in [0.2, 0.25) is 0 Å². The van der Waals surface area contributed by atoms with Gasteiger partial charge in [-0.1, -0.05) is 35.9 Å². The molecular weight excluding hydrogens is 530 g/mol. The largest absolute Gasteiger partial charge is 0.452 e. The molecule has 10 heteroatoms. The third-order valence-electron chi connectivity index (χ3n) is 5.79. The molecule has 0 aromatic heterocycles. The van der Waals surface area contributed by atoms with Crippen LogP contribution in [-0.4, -0.2) is 47.0 Å². The monoisotopic (exact) mass is 557 g/mol. The van der Waals surface area contributed by atoms with Crippen LogP contribution < -0.4 is 10.6 Å². The number of ether oxygens (including phenoxy) is 1. The summed E-state index contributed by atoms with van der Waals surface area (Å²) in [4.78, 5) is 63.2. The molecule has 4 amide bonds. The molecule has 0 radical (unpaired) electrons. The predicted octanol–water partition coefficient (Wildman–Crippen LogP) is 5.08. The summed E-state index contributed by atoms with van der Waals surface area (Å²) in [6, 6.07) is 19.0. The predicted molar refractivity (Wildman–Crippen MR) is 154 cm³/mol. The van der Waals surface area contributed by atoms with Crippen molar-refractivity contribution in [1.29, 1.82) is 0 Å². The molecule has 2 N–H and O–H groups in total. The van der Waals surface area contributed by atoms with Gasteiger partial charge in [0, 0.05) is 11.4 Å². The van der Waals surface area contributed by atoms with E-state index in [1.807, 2.05) is 39.0 Å². The van der Waals surface area contributed by atoms with Gasteiger partial charge in [-0.05, 0) is 91.7 Å². The average Bonchev–Trinajstić information content (AvgIpc) is 3.15. The normalized spacial score (nSPS) is 13.9. The van der Waals surface area contributed by atoms with Gasteiger partial charge < -0.3 is 15.4 Å². The van der Waals surface area contributed by atoms with E-state index in [-0.39, 0.29) is 10.5 Å². The Labute approximate surface area is 235 Å². The molecule has 3 aromatic rings. The van der Waals surface area contributed by atoms with Crippen LogP contribution in [0.25, 0.3) is 6.08 Å². The first-order valence-corrected chi connectivity index (χ1v) is 13.2. The number of imide groups is 1. The van der Waals surface area contributed by atoms with Gasteiger partial charge in [0.05, 0.1) is 10.5 Å². The maximum absolute atomic E-state index is 12.8. The number of anilines is 2. The molecule has 0 saturated carbocycles. The van der Waals surface area contributed by atoms with Crippen molar-refractivity contribution in [1.82, 2.24) is 4.90 Å². The zero-order valence-electron chi connectivity index (χ0n) is 22.1. The highest BCUT2D eigenvalue weighted by atomic mass is 32.2. The van der Waals surface area contributed by atoms with Crippen molar-refractivity contribution in [2.24, 2.45) is 0 Å². The average molecular weight is 558 g/mol. The van der Waals surface area contributed by atoms with E-state index < -0.39 is 42.1 Å². The van der Waals surface area contributed by atoms with Gasteiger partial charge in [0.25, 0.3) is 17.1 Å². The Morgan fingerprint density at radius 2 is 1.43 bits per heavy atom. The Balaban J connectivity index is 1.31. The van der Waals surface area contributed by atoms with E-state index in [0.717, 1.165) is 33.4 Å². The van der Waals surface area contributed by atoms with Gasteiger partial charge in [-0.2, -0.15) is 0 Å². The molecule has 1 aliphatic heterocycles. The molecular formula is C30H27N3O6S. The highest BCUT2D eigenvalue weighted by Crippen LogP contribution is 2.32. The maximum Gasteiger partial charge on any atom is 0.338 e. The third-order valence-corrected chi connectivity index (χ3v) is 6.70. The Kier molecular flexibility index (Phi) is 8.80. The molecule has 0 bridgehead atoms. The number of rotatable bonds is 8. The lowest BCUT2D eigenvalue weighted by Crippen LogP contribution is -2.36. The minimum absolute atomic E-state index is 0.160. The number of hydrogen-bond acceptors (Lipinski definition) is 7. The number of carbonyl (C=O) groups is 5. The van der Waals surface area contributed by atoms with Crippen molar-refractivity contribution >= 4 is 58.1 Å². The summed E-state index contributed by atoms with van der Waals surface area (Å²) in [6.07, 6.45) is 1.51. The third kappa shape index (κ3) is 7.45. The lowest BCUT2D eigenvalue weighted by atomic mass is 10.1. The maximum atomic E-state index is 12.8. The number of aryl methyl sites for hydroxylation is 3. The van der Waals surface area contributed by atoms with Crippen LogP contribution in [0.1, 0.15) is 32.6 Å². The Morgan fingerprint density at radius 3 is 2.08 bits per heavy atom. The van der Waals surface area contributed by atoms with Crippen molar-refractivity contribution in [2.75, 3.05) is 23.8 Å². The second-order valence-corrected chi connectivity index (χ2v) is 10.3. The number of carbonyl (C=O) groups excluding carboxylic acids is 5. The summed E-state index contributed by atoms with van der Waals surface area (Å²) >= 11 is 0.735. The highest BCUT2D eigenvalue weighted by molar-refractivity contribution is 8.18. The van der Waals surface area contributed by atoms with Crippen molar-refractivity contribution in [2.45, 2.75) is 20.8 Å². The van der Waals surface area contributed by atoms with E-state index >= 15 is 0 Å². The zero-order chi connectivity index (χ0) is 28.8. The van der Waals surface area contributed by atoms with Crippen LogP contribution in [0.4, 0.5) is 16.2 Å². The summed E-state index contributed by atoms with van der Waals surface area (Å²) in [5, 5.41) is 4.83. The van der Waals surface area contributed by atoms with E-state index in [2.05, 4.69) is 10.6 Å². The molecule has 204 valence electrons. The smallest absolute Gasteiger partial charge is 0.338 e. The van der Waals surface area contributed by atoms with E-state index in [0.29, 0.717) is 16.9 Å². The Hall–Kier alpha value is -4.70. The van der Waals surface area contributed by atoms with Gasteiger partial charge in [0.15, 0.2) is 6.61 Å². The van der Waals surface area contributed by atoms with Crippen LogP contribution in [0, 0.1) is 20.8 Å². The highest BCUT2D eigenvalue weighted by Gasteiger charge is 2.36. The fraction of sp³-hybridized carbons (Fsp3) is 0.167. The quantitative estimate of drug-likeness (QED) is 0.293. The summed E-state index contributed by atoms with van der Waals surface area (Å²) in [6.45, 7) is 4.90. The molecule has 1 aliphatic rings. The molecule has 4 rings (SSSR count). The first-order chi connectivity index (χ1) is 19.1. The second-order valence-electron chi connectivity index (χ2n) is 9.30. The number of nitrogens with zero attached hydrogens (tertiary/aromatic N) is 1. The van der Waals surface area contributed by atoms with Crippen molar-refractivity contribution < 1.29 is 28.7 Å². The number of hydrogen-bond donors (Lipinski definition) is 2. The van der Waals surface area contributed by atoms with Gasteiger partial charge in [-0.25, -0.2) is 4.79 Å². The molecule has 0 unspecified atom stereocenters. The summed E-state index contributed by atoms with van der Waals surface area (Å²) in [7, 11) is 0. The van der Waals surface area contributed by atoms with Crippen molar-refractivity contribution in [3.05, 3.63) is 99.5 Å². The van der Waals surface area contributed by atoms with E-state index in [1.54, 1.807) is 36.4 Å². The minimum atomic E-state index is -0.680. The van der Waals surface area contributed by atoms with Crippen LogP contribution >= 0.6 is 11.8 Å². The van der Waals surface area contributed by atoms with Gasteiger partial charge in [-0.15, -0.1) is 0 Å². The molecule has 1 heterocycles. The van der Waals surface area contributed by atoms with Gasteiger partial charge in [-0.3, -0.25) is 24.1 Å². The lowest BCUT2D eigenvalue weighted by molar-refractivity contribution is -0.127. The van der Waals surface area contributed by atoms with Crippen LogP contribution in [0.15, 0.2) is 71.6 Å². The van der Waals surface area contributed by atoms with Gasteiger partial charge in [0.1, 0.15) is 6.54 Å². The summed E-state index contributed by atoms with van der Waals surface area (Å²) in [5.41, 5.74) is 4.99. The number of esters is 1. The second kappa shape index (κ2) is 12.4. The van der Waals surface area contributed by atoms with Crippen molar-refractivity contribution in [3.8, 4) is 0 Å². The fourth-order valence-electron chi connectivity index (χ4n) is 3.94. The number of benzene rings is 3. The molecule has 1 fully saturated rings. The molecule has 1 saturated heterocycles. The zero-order valence-corrected chi connectivity index (χ0v) is 23.0. The lowest BCUT2D eigenvalue weighted by Gasteiger charge is -2.13. The number of amides is 4. The topological polar surface area (TPSA) is 122 Å². The molecule has 0 atom stereocenters.